The van der Waals surface area contributed by atoms with Crippen LogP contribution in [0.1, 0.15) is 60.3 Å². The van der Waals surface area contributed by atoms with Crippen LogP contribution in [0, 0.1) is 0 Å². The van der Waals surface area contributed by atoms with E-state index in [4.69, 9.17) is 18.8 Å². The Labute approximate surface area is 407 Å². The van der Waals surface area contributed by atoms with Gasteiger partial charge in [-0.05, 0) is 105 Å². The Balaban J connectivity index is 0.931. The molecule has 0 fully saturated rings. The summed E-state index contributed by atoms with van der Waals surface area (Å²) in [5.74, 6) is 1.69. The van der Waals surface area contributed by atoms with Gasteiger partial charge in [-0.15, -0.1) is 0 Å². The van der Waals surface area contributed by atoms with Crippen LogP contribution >= 0.6 is 0 Å². The lowest BCUT2D eigenvalue weighted by Crippen LogP contribution is -2.24. The first kappa shape index (κ1) is 41.6. The van der Waals surface area contributed by atoms with Gasteiger partial charge < -0.3 is 8.83 Å². The maximum atomic E-state index is 6.87. The molecule has 2 aliphatic rings. The number of rotatable bonds is 7. The van der Waals surface area contributed by atoms with Gasteiger partial charge in [0.25, 0.3) is 0 Å². The highest BCUT2D eigenvalue weighted by atomic mass is 16.3. The van der Waals surface area contributed by atoms with E-state index in [9.17, 15) is 0 Å². The zero-order valence-corrected chi connectivity index (χ0v) is 39.1. The van der Waals surface area contributed by atoms with E-state index in [1.165, 1.54) is 38.8 Å². The molecule has 1 aliphatic heterocycles. The van der Waals surface area contributed by atoms with Crippen LogP contribution in [-0.4, -0.2) is 11.5 Å². The number of para-hydroxylation sites is 1. The fourth-order valence-electron chi connectivity index (χ4n) is 11.0. The largest absolute Gasteiger partial charge is 0.460 e. The molecule has 0 bridgehead atoms. The van der Waals surface area contributed by atoms with Crippen LogP contribution in [0.2, 0.25) is 0 Å². The lowest BCUT2D eigenvalue weighted by Gasteiger charge is -2.29. The molecule has 0 amide bonds. The third-order valence-electron chi connectivity index (χ3n) is 14.6. The van der Waals surface area contributed by atoms with Gasteiger partial charge >= 0.3 is 0 Å². The molecule has 0 radical (unpaired) electrons. The number of allylic oxidation sites excluding steroid dienone is 2. The summed E-state index contributed by atoms with van der Waals surface area (Å²) in [4.78, 5) is 11.2. The number of hydrogen-bond acceptors (Lipinski definition) is 4. The van der Waals surface area contributed by atoms with Crippen LogP contribution in [0.5, 0.6) is 0 Å². The highest BCUT2D eigenvalue weighted by Gasteiger charge is 2.34. The van der Waals surface area contributed by atoms with Gasteiger partial charge in [0.1, 0.15) is 22.5 Å². The van der Waals surface area contributed by atoms with E-state index in [-0.39, 0.29) is 5.41 Å². The summed E-state index contributed by atoms with van der Waals surface area (Å²) in [6, 6.07) is 73.2. The maximum absolute atomic E-state index is 6.87. The minimum atomic E-state index is -0.307. The second-order valence-electron chi connectivity index (χ2n) is 19.0. The molecule has 334 valence electrons. The SMILES string of the molecule is C/C1=C(\c2ccc(-c3ccccc3)cc2)N=C(c2ccc(-c3cccc4oc5c(c34)C=CC(C)(c3cccc4oc6ccccc6c34)C5)c3ccccc23)N=C(c2ccc(-c3ccccc3)cc2)CC1. The lowest BCUT2D eigenvalue weighted by atomic mass is 9.73. The molecule has 3 heterocycles. The van der Waals surface area contributed by atoms with Crippen molar-refractivity contribution < 1.29 is 8.83 Å². The number of amidine groups is 1. The van der Waals surface area contributed by atoms with Gasteiger partial charge in [0.15, 0.2) is 5.84 Å². The third kappa shape index (κ3) is 7.14. The van der Waals surface area contributed by atoms with Crippen molar-refractivity contribution in [3.63, 3.8) is 0 Å². The molecule has 11 aromatic rings. The molecule has 1 aliphatic carbocycles. The highest BCUT2D eigenvalue weighted by Crippen LogP contribution is 2.47. The molecule has 13 rings (SSSR count). The number of hydrogen-bond donors (Lipinski definition) is 0. The second-order valence-corrected chi connectivity index (χ2v) is 19.0. The van der Waals surface area contributed by atoms with Crippen molar-refractivity contribution in [2.75, 3.05) is 0 Å². The highest BCUT2D eigenvalue weighted by molar-refractivity contribution is 6.21. The number of nitrogens with zero attached hydrogens (tertiary/aromatic N) is 2. The van der Waals surface area contributed by atoms with Crippen molar-refractivity contribution in [1.82, 2.24) is 0 Å². The standard InChI is InChI=1S/C66H48N2O2/c1-42-27-38-57(47-32-28-45(29-33-47)43-15-5-3-6-16-43)67-65(68-64(42)48-34-30-46(31-35-48)44-17-7-4-8-18-44)53-37-36-51(49-19-9-10-20-50(49)53)52-22-13-25-59-62(52)55-39-40-66(2,41-61(55)70-59)56-23-14-26-60-63(56)54-21-11-12-24-58(54)69-60/h3-26,28-37,39-40H,27,38,41H2,1-2H3/b64-42-,67-57?,68-65?. The van der Waals surface area contributed by atoms with Crippen LogP contribution in [0.4, 0.5) is 0 Å². The Hall–Kier alpha value is -8.60. The Kier molecular flexibility index (Phi) is 10.0. The van der Waals surface area contributed by atoms with Crippen LogP contribution in [0.15, 0.2) is 237 Å². The molecule has 2 aromatic heterocycles. The Bertz CT molecular complexity index is 3960. The lowest BCUT2D eigenvalue weighted by molar-refractivity contribution is 0.477. The van der Waals surface area contributed by atoms with Gasteiger partial charge in [0.2, 0.25) is 0 Å². The summed E-state index contributed by atoms with van der Waals surface area (Å²) in [6.07, 6.45) is 7.02. The van der Waals surface area contributed by atoms with E-state index in [2.05, 4.69) is 226 Å². The smallest absolute Gasteiger partial charge is 0.160 e. The van der Waals surface area contributed by atoms with Gasteiger partial charge in [-0.2, -0.15) is 0 Å². The quantitative estimate of drug-likeness (QED) is 0.160. The first-order valence-electron chi connectivity index (χ1n) is 24.3. The van der Waals surface area contributed by atoms with Crippen molar-refractivity contribution in [2.45, 2.75) is 38.5 Å². The normalized spacial score (nSPS) is 17.1. The third-order valence-corrected chi connectivity index (χ3v) is 14.6. The Morgan fingerprint density at radius 2 is 0.986 bits per heavy atom. The molecule has 70 heavy (non-hydrogen) atoms. The van der Waals surface area contributed by atoms with Gasteiger partial charge in [0, 0.05) is 44.7 Å². The van der Waals surface area contributed by atoms with Crippen molar-refractivity contribution in [1.29, 1.82) is 0 Å². The summed E-state index contributed by atoms with van der Waals surface area (Å²) in [6.45, 7) is 4.55. The van der Waals surface area contributed by atoms with Crippen molar-refractivity contribution in [3.8, 4) is 33.4 Å². The number of furan rings is 2. The molecular weight excluding hydrogens is 853 g/mol. The summed E-state index contributed by atoms with van der Waals surface area (Å²) >= 11 is 0. The molecule has 4 nitrogen and oxygen atoms in total. The monoisotopic (exact) mass is 900 g/mol. The average molecular weight is 901 g/mol. The van der Waals surface area contributed by atoms with Crippen LogP contribution in [-0.2, 0) is 11.8 Å². The molecule has 0 saturated heterocycles. The van der Waals surface area contributed by atoms with Gasteiger partial charge in [-0.25, -0.2) is 9.98 Å². The van der Waals surface area contributed by atoms with Gasteiger partial charge in [-0.1, -0.05) is 201 Å². The summed E-state index contributed by atoms with van der Waals surface area (Å²) < 4.78 is 13.2. The van der Waals surface area contributed by atoms with Gasteiger partial charge in [0.05, 0.1) is 11.4 Å². The van der Waals surface area contributed by atoms with E-state index in [1.807, 2.05) is 6.07 Å². The summed E-state index contributed by atoms with van der Waals surface area (Å²) in [7, 11) is 0. The summed E-state index contributed by atoms with van der Waals surface area (Å²) in [5.41, 5.74) is 18.2. The first-order chi connectivity index (χ1) is 34.5. The fourth-order valence-corrected chi connectivity index (χ4v) is 11.0. The predicted molar refractivity (Wildman–Crippen MR) is 292 cm³/mol. The van der Waals surface area contributed by atoms with E-state index >= 15 is 0 Å². The van der Waals surface area contributed by atoms with Crippen molar-refractivity contribution >= 4 is 67.0 Å². The molecule has 0 saturated carbocycles. The number of aliphatic imine (C=N–C) groups is 2. The summed E-state index contributed by atoms with van der Waals surface area (Å²) in [5, 5.41) is 5.66. The minimum absolute atomic E-state index is 0.307. The minimum Gasteiger partial charge on any atom is -0.460 e. The van der Waals surface area contributed by atoms with E-state index in [1.54, 1.807) is 0 Å². The molecule has 0 N–H and O–H groups in total. The topological polar surface area (TPSA) is 51.0 Å². The average Bonchev–Trinajstić information content (AvgIpc) is 3.98. The molecule has 9 aromatic carbocycles. The van der Waals surface area contributed by atoms with Crippen LogP contribution < -0.4 is 0 Å². The molecular formula is C66H48N2O2. The van der Waals surface area contributed by atoms with E-state index in [0.29, 0.717) is 5.84 Å². The molecule has 4 heteroatoms. The number of benzene rings is 9. The Morgan fingerprint density at radius 1 is 0.429 bits per heavy atom. The maximum Gasteiger partial charge on any atom is 0.160 e. The fraction of sp³-hybridized carbons (Fsp3) is 0.0909. The van der Waals surface area contributed by atoms with Gasteiger partial charge in [-0.3, -0.25) is 0 Å². The van der Waals surface area contributed by atoms with Crippen molar-refractivity contribution in [3.05, 3.63) is 251 Å². The van der Waals surface area contributed by atoms with Crippen LogP contribution in [0.3, 0.4) is 0 Å². The van der Waals surface area contributed by atoms with Crippen molar-refractivity contribution in [2.24, 2.45) is 9.98 Å². The molecule has 1 atom stereocenters. The molecule has 1 unspecified atom stereocenters. The zero-order valence-electron chi connectivity index (χ0n) is 39.1. The second kappa shape index (κ2) is 16.9. The Morgan fingerprint density at radius 3 is 1.70 bits per heavy atom. The first-order valence-corrected chi connectivity index (χ1v) is 24.3. The predicted octanol–water partition coefficient (Wildman–Crippen LogP) is 17.5. The zero-order chi connectivity index (χ0) is 46.8. The van der Waals surface area contributed by atoms with E-state index in [0.717, 1.165) is 108 Å². The molecule has 0 spiro atoms. The van der Waals surface area contributed by atoms with E-state index < -0.39 is 0 Å². The van der Waals surface area contributed by atoms with Crippen LogP contribution in [0.25, 0.3) is 88.8 Å². The number of fused-ring (bicyclic) bond motifs is 7.